The van der Waals surface area contributed by atoms with Crippen LogP contribution in [0.25, 0.3) is 11.0 Å². The van der Waals surface area contributed by atoms with E-state index in [0.717, 1.165) is 11.8 Å². The summed E-state index contributed by atoms with van der Waals surface area (Å²) in [5.74, 6) is 1.05. The summed E-state index contributed by atoms with van der Waals surface area (Å²) in [6, 6.07) is 3.21. The van der Waals surface area contributed by atoms with Crippen LogP contribution >= 0.6 is 23.2 Å². The van der Waals surface area contributed by atoms with Gasteiger partial charge >= 0.3 is 0 Å². The minimum atomic E-state index is -0.177. The Morgan fingerprint density at radius 2 is 2.03 bits per heavy atom. The van der Waals surface area contributed by atoms with E-state index in [0.29, 0.717) is 40.2 Å². The quantitative estimate of drug-likeness (QED) is 0.583. The molecule has 11 heteroatoms. The lowest BCUT2D eigenvalue weighted by Gasteiger charge is -2.19. The van der Waals surface area contributed by atoms with Crippen LogP contribution < -0.4 is 16.2 Å². The van der Waals surface area contributed by atoms with Crippen LogP contribution in [0.15, 0.2) is 39.3 Å². The second kappa shape index (κ2) is 8.37. The summed E-state index contributed by atoms with van der Waals surface area (Å²) in [5, 5.41) is 7.56. The first kappa shape index (κ1) is 20.2. The van der Waals surface area contributed by atoms with E-state index in [1.54, 1.807) is 13.2 Å². The van der Waals surface area contributed by atoms with Crippen LogP contribution in [0.3, 0.4) is 0 Å². The first-order chi connectivity index (χ1) is 14.4. The fourth-order valence-electron chi connectivity index (χ4n) is 3.07. The van der Waals surface area contributed by atoms with Crippen molar-refractivity contribution in [1.82, 2.24) is 19.5 Å². The third kappa shape index (κ3) is 4.12. The van der Waals surface area contributed by atoms with Crippen LogP contribution in [0.1, 0.15) is 13.3 Å². The number of nitrogens with zero attached hydrogens (tertiary/aromatic N) is 6. The monoisotopic (exact) mass is 444 g/mol. The van der Waals surface area contributed by atoms with Crippen molar-refractivity contribution in [2.75, 3.05) is 17.2 Å². The van der Waals surface area contributed by atoms with Gasteiger partial charge in [-0.2, -0.15) is 4.98 Å². The van der Waals surface area contributed by atoms with Gasteiger partial charge in [0.25, 0.3) is 5.56 Å². The number of pyridine rings is 2. The Labute approximate surface area is 181 Å². The van der Waals surface area contributed by atoms with Crippen LogP contribution in [-0.4, -0.2) is 44.2 Å². The molecular formula is C19H18Cl2N8O. The number of nitrogens with one attached hydrogen (secondary N) is 2. The van der Waals surface area contributed by atoms with Crippen molar-refractivity contribution in [1.29, 1.82) is 0 Å². The van der Waals surface area contributed by atoms with E-state index < -0.39 is 0 Å². The highest BCUT2D eigenvalue weighted by atomic mass is 35.5. The molecule has 0 saturated heterocycles. The summed E-state index contributed by atoms with van der Waals surface area (Å²) < 4.78 is 1.49. The summed E-state index contributed by atoms with van der Waals surface area (Å²) in [4.78, 5) is 33.6. The first-order valence-electron chi connectivity index (χ1n) is 9.20. The highest BCUT2D eigenvalue weighted by molar-refractivity contribution is 6.33. The van der Waals surface area contributed by atoms with Crippen LogP contribution in [0.4, 0.5) is 17.2 Å². The lowest BCUT2D eigenvalue weighted by Crippen LogP contribution is -2.28. The van der Waals surface area contributed by atoms with Crippen molar-refractivity contribution in [2.45, 2.75) is 19.4 Å². The molecule has 1 aliphatic heterocycles. The number of halogens is 2. The van der Waals surface area contributed by atoms with Crippen molar-refractivity contribution in [3.63, 3.8) is 0 Å². The predicted octanol–water partition coefficient (Wildman–Crippen LogP) is 3.45. The van der Waals surface area contributed by atoms with Crippen molar-refractivity contribution in [2.24, 2.45) is 17.0 Å². The zero-order chi connectivity index (χ0) is 21.3. The second-order valence-electron chi connectivity index (χ2n) is 6.72. The molecule has 0 aromatic carbocycles. The van der Waals surface area contributed by atoms with Gasteiger partial charge in [-0.1, -0.05) is 11.6 Å². The highest BCUT2D eigenvalue weighted by Gasteiger charge is 2.16. The fourth-order valence-corrected chi connectivity index (χ4v) is 3.34. The van der Waals surface area contributed by atoms with E-state index in [-0.39, 0.29) is 16.9 Å². The van der Waals surface area contributed by atoms with Gasteiger partial charge in [0.1, 0.15) is 16.5 Å². The number of fused-ring (bicyclic) bond motifs is 1. The summed E-state index contributed by atoms with van der Waals surface area (Å²) in [7, 11) is 1.68. The van der Waals surface area contributed by atoms with E-state index in [4.69, 9.17) is 23.2 Å². The van der Waals surface area contributed by atoms with Crippen LogP contribution in [-0.2, 0) is 7.05 Å². The predicted molar refractivity (Wildman–Crippen MR) is 121 cm³/mol. The van der Waals surface area contributed by atoms with Gasteiger partial charge in [0, 0.05) is 37.7 Å². The fraction of sp³-hybridized carbons (Fsp3) is 0.263. The molecule has 9 nitrogen and oxygen atoms in total. The summed E-state index contributed by atoms with van der Waals surface area (Å²) in [6.45, 7) is 2.66. The molecule has 4 rings (SSSR count). The molecule has 1 unspecified atom stereocenters. The van der Waals surface area contributed by atoms with Gasteiger partial charge in [0.15, 0.2) is 5.82 Å². The second-order valence-corrected chi connectivity index (χ2v) is 7.46. The topological polar surface area (TPSA) is 109 Å². The standard InChI is InChI=1S/C19H18Cl2N8O/c1-10(16-22-4-3-5-23-16)26-14-7-15(30)29(2)18-12(14)6-11(8-24-18)27-17-13(20)9-25-19(21)28-17/h4,6-10,26H,3,5H2,1-2H3,(H,25,27,28). The molecule has 0 aliphatic carbocycles. The zero-order valence-corrected chi connectivity index (χ0v) is 17.7. The molecule has 0 bridgehead atoms. The highest BCUT2D eigenvalue weighted by Crippen LogP contribution is 2.28. The maximum Gasteiger partial charge on any atom is 0.253 e. The van der Waals surface area contributed by atoms with E-state index in [1.807, 2.05) is 19.2 Å². The number of hydrogen-bond acceptors (Lipinski definition) is 8. The summed E-state index contributed by atoms with van der Waals surface area (Å²) >= 11 is 12.0. The lowest BCUT2D eigenvalue weighted by molar-refractivity contribution is 0.885. The van der Waals surface area contributed by atoms with Gasteiger partial charge in [-0.3, -0.25) is 14.4 Å². The third-order valence-electron chi connectivity index (χ3n) is 4.57. The van der Waals surface area contributed by atoms with E-state index >= 15 is 0 Å². The zero-order valence-electron chi connectivity index (χ0n) is 16.2. The number of rotatable bonds is 5. The molecule has 4 heterocycles. The van der Waals surface area contributed by atoms with Gasteiger partial charge in [0.05, 0.1) is 29.8 Å². The minimum Gasteiger partial charge on any atom is -0.375 e. The molecule has 2 N–H and O–H groups in total. The lowest BCUT2D eigenvalue weighted by atomic mass is 10.2. The average Bonchev–Trinajstić information content (AvgIpc) is 2.75. The molecule has 0 radical (unpaired) electrons. The molecule has 154 valence electrons. The van der Waals surface area contributed by atoms with E-state index in [1.165, 1.54) is 16.8 Å². The molecule has 3 aromatic heterocycles. The first-order valence-corrected chi connectivity index (χ1v) is 9.96. The van der Waals surface area contributed by atoms with Gasteiger partial charge in [-0.25, -0.2) is 15.0 Å². The Kier molecular flexibility index (Phi) is 5.65. The Bertz CT molecular complexity index is 1240. The van der Waals surface area contributed by atoms with Crippen LogP contribution in [0.2, 0.25) is 10.3 Å². The van der Waals surface area contributed by atoms with E-state index in [9.17, 15) is 4.79 Å². The average molecular weight is 445 g/mol. The summed E-state index contributed by atoms with van der Waals surface area (Å²) in [6.07, 6.45) is 5.69. The molecule has 3 aromatic rings. The number of aromatic nitrogens is 4. The van der Waals surface area contributed by atoms with Crippen LogP contribution in [0.5, 0.6) is 0 Å². The molecule has 1 aliphatic rings. The minimum absolute atomic E-state index is 0.0723. The molecule has 30 heavy (non-hydrogen) atoms. The van der Waals surface area contributed by atoms with Crippen LogP contribution in [0, 0.1) is 0 Å². The van der Waals surface area contributed by atoms with Crippen molar-refractivity contribution in [3.8, 4) is 0 Å². The molecule has 0 spiro atoms. The maximum atomic E-state index is 12.4. The number of anilines is 3. The van der Waals surface area contributed by atoms with Crippen molar-refractivity contribution >= 4 is 63.5 Å². The number of amidine groups is 1. The maximum absolute atomic E-state index is 12.4. The Morgan fingerprint density at radius 3 is 2.80 bits per heavy atom. The third-order valence-corrected chi connectivity index (χ3v) is 5.02. The van der Waals surface area contributed by atoms with Gasteiger partial charge in [-0.15, -0.1) is 0 Å². The molecule has 0 saturated carbocycles. The molecule has 1 atom stereocenters. The summed E-state index contributed by atoms with van der Waals surface area (Å²) in [5.41, 5.74) is 1.61. The number of aryl methyl sites for hydroxylation is 1. The van der Waals surface area contributed by atoms with E-state index in [2.05, 4.69) is 35.6 Å². The molecule has 0 fully saturated rings. The largest absolute Gasteiger partial charge is 0.375 e. The Hall–Kier alpha value is -3.04. The van der Waals surface area contributed by atoms with Crippen molar-refractivity contribution < 1.29 is 0 Å². The van der Waals surface area contributed by atoms with Gasteiger partial charge < -0.3 is 10.6 Å². The number of hydrogen-bond donors (Lipinski definition) is 2. The van der Waals surface area contributed by atoms with Gasteiger partial charge in [0.2, 0.25) is 5.28 Å². The van der Waals surface area contributed by atoms with Crippen molar-refractivity contribution in [3.05, 3.63) is 45.2 Å². The molecule has 0 amide bonds. The molecular weight excluding hydrogens is 427 g/mol. The Balaban J connectivity index is 1.74. The van der Waals surface area contributed by atoms with Gasteiger partial charge in [-0.05, 0) is 24.6 Å². The normalized spacial score (nSPS) is 14.5. The number of aliphatic imine (C=N–C) groups is 2. The smallest absolute Gasteiger partial charge is 0.253 e. The SMILES string of the molecule is CC(Nc1cc(=O)n(C)c2ncc(Nc3nc(Cl)ncc3Cl)cc12)C1=NCCC=N1. The Morgan fingerprint density at radius 1 is 1.20 bits per heavy atom.